The molecule has 0 saturated heterocycles. The molecule has 3 amide bonds. The minimum Gasteiger partial charge on any atom is -0.466 e. The molecule has 9 nitrogen and oxygen atoms in total. The maximum Gasteiger partial charge on any atom is 0.408 e. The third kappa shape index (κ3) is 8.95. The molecule has 9 heteroatoms. The van der Waals surface area contributed by atoms with E-state index in [1.165, 1.54) is 11.9 Å². The summed E-state index contributed by atoms with van der Waals surface area (Å²) < 4.78 is 10.0. The number of nitrogens with zero attached hydrogens (tertiary/aromatic N) is 1. The van der Waals surface area contributed by atoms with E-state index in [0.29, 0.717) is 5.56 Å². The van der Waals surface area contributed by atoms with Crippen LogP contribution in [-0.4, -0.2) is 61.1 Å². The summed E-state index contributed by atoms with van der Waals surface area (Å²) in [6.07, 6.45) is -0.697. The maximum atomic E-state index is 13.0. The van der Waals surface area contributed by atoms with Crippen LogP contribution in [0.25, 0.3) is 0 Å². The fraction of sp³-hybridized carbons (Fsp3) is 0.565. The Balaban J connectivity index is 2.95. The van der Waals surface area contributed by atoms with Gasteiger partial charge in [0.25, 0.3) is 0 Å². The highest BCUT2D eigenvalue weighted by molar-refractivity contribution is 5.90. The molecule has 0 fully saturated rings. The number of ether oxygens (including phenoxy) is 2. The monoisotopic (exact) mass is 449 g/mol. The lowest BCUT2D eigenvalue weighted by molar-refractivity contribution is -0.143. The van der Waals surface area contributed by atoms with Crippen LogP contribution in [0.4, 0.5) is 4.79 Å². The quantitative estimate of drug-likeness (QED) is 0.560. The van der Waals surface area contributed by atoms with E-state index in [0.717, 1.165) is 11.1 Å². The lowest BCUT2D eigenvalue weighted by atomic mass is 9.99. The third-order valence-corrected chi connectivity index (χ3v) is 4.59. The number of hydrogen-bond donors (Lipinski definition) is 2. The fourth-order valence-electron chi connectivity index (χ4n) is 2.83. The Morgan fingerprint density at radius 2 is 1.72 bits per heavy atom. The molecule has 1 atom stereocenters. The number of carbonyl (C=O) groups excluding carboxylic acids is 4. The summed E-state index contributed by atoms with van der Waals surface area (Å²) in [5, 5.41) is 5.10. The van der Waals surface area contributed by atoms with Crippen molar-refractivity contribution in [2.45, 2.75) is 59.6 Å². The van der Waals surface area contributed by atoms with E-state index in [1.807, 2.05) is 26.0 Å². The van der Waals surface area contributed by atoms with E-state index in [4.69, 9.17) is 9.47 Å². The van der Waals surface area contributed by atoms with Gasteiger partial charge in [-0.3, -0.25) is 14.4 Å². The zero-order valence-electron chi connectivity index (χ0n) is 20.0. The van der Waals surface area contributed by atoms with Crippen molar-refractivity contribution < 1.29 is 28.7 Å². The van der Waals surface area contributed by atoms with E-state index < -0.39 is 35.5 Å². The average molecular weight is 450 g/mol. The molecule has 178 valence electrons. The smallest absolute Gasteiger partial charge is 0.408 e. The van der Waals surface area contributed by atoms with Gasteiger partial charge in [-0.05, 0) is 58.2 Å². The van der Waals surface area contributed by atoms with Crippen molar-refractivity contribution in [3.63, 3.8) is 0 Å². The van der Waals surface area contributed by atoms with Gasteiger partial charge in [-0.2, -0.15) is 0 Å². The summed E-state index contributed by atoms with van der Waals surface area (Å²) in [6.45, 7) is 10.7. The van der Waals surface area contributed by atoms with E-state index in [9.17, 15) is 19.2 Å². The molecule has 0 aromatic heterocycles. The van der Waals surface area contributed by atoms with Gasteiger partial charge in [0.1, 0.15) is 18.2 Å². The van der Waals surface area contributed by atoms with Crippen LogP contribution in [0.5, 0.6) is 0 Å². The minimum absolute atomic E-state index is 0.0249. The summed E-state index contributed by atoms with van der Waals surface area (Å²) in [6, 6.07) is 4.56. The van der Waals surface area contributed by atoms with Gasteiger partial charge >= 0.3 is 12.1 Å². The van der Waals surface area contributed by atoms with Crippen LogP contribution >= 0.6 is 0 Å². The summed E-state index contributed by atoms with van der Waals surface area (Å²) >= 11 is 0. The number of carbonyl (C=O) groups is 4. The first kappa shape index (κ1) is 26.9. The highest BCUT2D eigenvalue weighted by Crippen LogP contribution is 2.22. The molecule has 0 aliphatic carbocycles. The van der Waals surface area contributed by atoms with Crippen LogP contribution in [0.3, 0.4) is 0 Å². The number of benzene rings is 1. The number of esters is 1. The molecule has 2 N–H and O–H groups in total. The Morgan fingerprint density at radius 1 is 1.06 bits per heavy atom. The summed E-state index contributed by atoms with van der Waals surface area (Å²) in [4.78, 5) is 50.4. The Labute approximate surface area is 189 Å². The molecule has 32 heavy (non-hydrogen) atoms. The molecule has 0 spiro atoms. The van der Waals surface area contributed by atoms with Gasteiger partial charge < -0.3 is 25.0 Å². The van der Waals surface area contributed by atoms with Crippen molar-refractivity contribution in [3.05, 3.63) is 34.9 Å². The van der Waals surface area contributed by atoms with Gasteiger partial charge in [-0.15, -0.1) is 0 Å². The van der Waals surface area contributed by atoms with Gasteiger partial charge in [0.15, 0.2) is 0 Å². The van der Waals surface area contributed by atoms with Gasteiger partial charge in [0.2, 0.25) is 11.8 Å². The summed E-state index contributed by atoms with van der Waals surface area (Å²) in [5.74, 6) is -1.33. The van der Waals surface area contributed by atoms with Crippen molar-refractivity contribution in [2.24, 2.45) is 0 Å². The van der Waals surface area contributed by atoms with Crippen LogP contribution in [0.1, 0.15) is 56.8 Å². The van der Waals surface area contributed by atoms with Crippen molar-refractivity contribution in [3.8, 4) is 0 Å². The highest BCUT2D eigenvalue weighted by atomic mass is 16.6. The molecule has 1 aromatic carbocycles. The van der Waals surface area contributed by atoms with Gasteiger partial charge in [0.05, 0.1) is 13.0 Å². The summed E-state index contributed by atoms with van der Waals surface area (Å²) in [7, 11) is 1.49. The van der Waals surface area contributed by atoms with Crippen LogP contribution in [-0.2, 0) is 23.9 Å². The first-order valence-electron chi connectivity index (χ1n) is 10.6. The van der Waals surface area contributed by atoms with Gasteiger partial charge in [0, 0.05) is 13.6 Å². The second-order valence-corrected chi connectivity index (χ2v) is 8.45. The van der Waals surface area contributed by atoms with Crippen LogP contribution in [0.15, 0.2) is 18.2 Å². The first-order valence-corrected chi connectivity index (χ1v) is 10.6. The first-order chi connectivity index (χ1) is 14.9. The standard InChI is InChI=1S/C23H35N3O6/c1-8-31-19(28)11-12-24-21(29)20(17-10-9-15(2)16(3)13-17)26(7)18(27)14-25-22(30)32-23(4,5)6/h9-10,13,20H,8,11-12,14H2,1-7H3,(H,24,29)(H,25,30). The molecule has 1 aromatic rings. The van der Waals surface area contributed by atoms with Crippen LogP contribution < -0.4 is 10.6 Å². The third-order valence-electron chi connectivity index (χ3n) is 4.59. The lowest BCUT2D eigenvalue weighted by Gasteiger charge is -2.28. The molecular weight excluding hydrogens is 414 g/mol. The number of amides is 3. The zero-order chi connectivity index (χ0) is 24.5. The predicted octanol–water partition coefficient (Wildman–Crippen LogP) is 2.40. The lowest BCUT2D eigenvalue weighted by Crippen LogP contribution is -2.46. The average Bonchev–Trinajstić information content (AvgIpc) is 2.67. The van der Waals surface area contributed by atoms with E-state index in [2.05, 4.69) is 10.6 Å². The Morgan fingerprint density at radius 3 is 2.28 bits per heavy atom. The minimum atomic E-state index is -0.940. The molecule has 1 rings (SSSR count). The normalized spacial score (nSPS) is 11.8. The van der Waals surface area contributed by atoms with Crippen LogP contribution in [0.2, 0.25) is 0 Å². The number of alkyl carbamates (subject to hydrolysis) is 1. The van der Waals surface area contributed by atoms with E-state index in [1.54, 1.807) is 33.8 Å². The largest absolute Gasteiger partial charge is 0.466 e. The maximum absolute atomic E-state index is 13.0. The van der Waals surface area contributed by atoms with Gasteiger partial charge in [-0.25, -0.2) is 4.79 Å². The number of rotatable bonds is 9. The number of aryl methyl sites for hydroxylation is 2. The molecule has 0 radical (unpaired) electrons. The number of hydrogen-bond acceptors (Lipinski definition) is 6. The Kier molecular flexibility index (Phi) is 10.2. The topological polar surface area (TPSA) is 114 Å². The number of nitrogens with one attached hydrogen (secondary N) is 2. The van der Waals surface area contributed by atoms with Gasteiger partial charge in [-0.1, -0.05) is 18.2 Å². The molecule has 1 unspecified atom stereocenters. The Hall–Kier alpha value is -3.10. The number of likely N-dealkylation sites (N-methyl/N-ethyl adjacent to an activating group) is 1. The molecule has 0 saturated carbocycles. The predicted molar refractivity (Wildman–Crippen MR) is 120 cm³/mol. The SMILES string of the molecule is CCOC(=O)CCNC(=O)C(c1ccc(C)c(C)c1)N(C)C(=O)CNC(=O)OC(C)(C)C. The second-order valence-electron chi connectivity index (χ2n) is 8.45. The molecule has 0 bridgehead atoms. The van der Waals surface area contributed by atoms with Crippen molar-refractivity contribution in [2.75, 3.05) is 26.7 Å². The van der Waals surface area contributed by atoms with E-state index >= 15 is 0 Å². The highest BCUT2D eigenvalue weighted by Gasteiger charge is 2.29. The molecular formula is C23H35N3O6. The van der Waals surface area contributed by atoms with Crippen molar-refractivity contribution in [1.82, 2.24) is 15.5 Å². The van der Waals surface area contributed by atoms with Crippen molar-refractivity contribution in [1.29, 1.82) is 0 Å². The fourth-order valence-corrected chi connectivity index (χ4v) is 2.83. The van der Waals surface area contributed by atoms with Crippen LogP contribution in [0, 0.1) is 13.8 Å². The zero-order valence-corrected chi connectivity index (χ0v) is 20.0. The Bertz CT molecular complexity index is 832. The molecule has 0 heterocycles. The van der Waals surface area contributed by atoms with Crippen molar-refractivity contribution >= 4 is 23.9 Å². The van der Waals surface area contributed by atoms with E-state index in [-0.39, 0.29) is 26.1 Å². The second kappa shape index (κ2) is 12.1. The molecule has 0 aliphatic rings. The summed E-state index contributed by atoms with van der Waals surface area (Å²) in [5.41, 5.74) is 1.95. The molecule has 0 aliphatic heterocycles.